The van der Waals surface area contributed by atoms with Crippen LogP contribution in [0.1, 0.15) is 19.5 Å². The topological polar surface area (TPSA) is 44.8 Å². The van der Waals surface area contributed by atoms with E-state index in [-0.39, 0.29) is 0 Å². The SMILES string of the molecule is Cc1[nH]nc2ccnc(N(C)C(C)C)c12. The number of pyridine rings is 1. The predicted octanol–water partition coefficient (Wildman–Crippen LogP) is 2.11. The van der Waals surface area contributed by atoms with E-state index in [2.05, 4.69) is 41.0 Å². The maximum absolute atomic E-state index is 4.43. The van der Waals surface area contributed by atoms with Gasteiger partial charge in [-0.1, -0.05) is 0 Å². The predicted molar refractivity (Wildman–Crippen MR) is 62.2 cm³/mol. The zero-order chi connectivity index (χ0) is 11.0. The fourth-order valence-corrected chi connectivity index (χ4v) is 1.61. The summed E-state index contributed by atoms with van der Waals surface area (Å²) in [5.41, 5.74) is 2.05. The van der Waals surface area contributed by atoms with Gasteiger partial charge >= 0.3 is 0 Å². The lowest BCUT2D eigenvalue weighted by Gasteiger charge is -2.23. The molecule has 0 aromatic carbocycles. The highest BCUT2D eigenvalue weighted by Crippen LogP contribution is 2.25. The van der Waals surface area contributed by atoms with Crippen molar-refractivity contribution in [3.8, 4) is 0 Å². The Balaban J connectivity index is 2.64. The Kier molecular flexibility index (Phi) is 2.34. The molecule has 2 aromatic rings. The minimum absolute atomic E-state index is 0.428. The van der Waals surface area contributed by atoms with Gasteiger partial charge in [0.05, 0.1) is 10.9 Å². The van der Waals surface area contributed by atoms with Crippen LogP contribution in [0.15, 0.2) is 12.3 Å². The third-order valence-corrected chi connectivity index (χ3v) is 2.74. The van der Waals surface area contributed by atoms with Gasteiger partial charge in [-0.25, -0.2) is 4.98 Å². The first kappa shape index (κ1) is 9.96. The maximum atomic E-state index is 4.43. The van der Waals surface area contributed by atoms with Crippen molar-refractivity contribution in [1.82, 2.24) is 15.2 Å². The molecule has 0 spiro atoms. The first-order valence-electron chi connectivity index (χ1n) is 5.13. The Morgan fingerprint density at radius 1 is 1.40 bits per heavy atom. The number of hydrogen-bond donors (Lipinski definition) is 1. The Hall–Kier alpha value is -1.58. The first-order chi connectivity index (χ1) is 7.11. The van der Waals surface area contributed by atoms with E-state index in [0.29, 0.717) is 6.04 Å². The molecule has 0 radical (unpaired) electrons. The van der Waals surface area contributed by atoms with Gasteiger partial charge in [0, 0.05) is 25.0 Å². The number of hydrogen-bond acceptors (Lipinski definition) is 3. The molecule has 2 aromatic heterocycles. The van der Waals surface area contributed by atoms with Crippen molar-refractivity contribution in [2.45, 2.75) is 26.8 Å². The molecular weight excluding hydrogens is 188 g/mol. The van der Waals surface area contributed by atoms with Gasteiger partial charge < -0.3 is 4.90 Å². The van der Waals surface area contributed by atoms with Crippen molar-refractivity contribution in [3.05, 3.63) is 18.0 Å². The Morgan fingerprint density at radius 3 is 2.80 bits per heavy atom. The lowest BCUT2D eigenvalue weighted by atomic mass is 10.2. The summed E-state index contributed by atoms with van der Waals surface area (Å²) in [5, 5.41) is 8.34. The number of rotatable bonds is 2. The van der Waals surface area contributed by atoms with Gasteiger partial charge in [-0.05, 0) is 26.8 Å². The third kappa shape index (κ3) is 1.56. The van der Waals surface area contributed by atoms with Gasteiger partial charge in [-0.2, -0.15) is 5.10 Å². The van der Waals surface area contributed by atoms with E-state index < -0.39 is 0 Å². The molecular formula is C11H16N4. The van der Waals surface area contributed by atoms with Crippen LogP contribution in [0.3, 0.4) is 0 Å². The van der Waals surface area contributed by atoms with Crippen LogP contribution in [0.25, 0.3) is 10.9 Å². The smallest absolute Gasteiger partial charge is 0.139 e. The molecule has 0 saturated carbocycles. The van der Waals surface area contributed by atoms with Gasteiger partial charge in [0.25, 0.3) is 0 Å². The van der Waals surface area contributed by atoms with E-state index >= 15 is 0 Å². The van der Waals surface area contributed by atoms with Gasteiger partial charge in [0.2, 0.25) is 0 Å². The second-order valence-electron chi connectivity index (χ2n) is 4.08. The molecule has 1 N–H and O–H groups in total. The van der Waals surface area contributed by atoms with Crippen molar-refractivity contribution in [3.63, 3.8) is 0 Å². The fraction of sp³-hybridized carbons (Fsp3) is 0.455. The molecule has 0 amide bonds. The van der Waals surface area contributed by atoms with Gasteiger partial charge in [0.15, 0.2) is 0 Å². The summed E-state index contributed by atoms with van der Waals surface area (Å²) in [4.78, 5) is 6.58. The normalized spacial score (nSPS) is 11.3. The molecule has 80 valence electrons. The van der Waals surface area contributed by atoms with Crippen LogP contribution in [0, 0.1) is 6.92 Å². The van der Waals surface area contributed by atoms with Crippen molar-refractivity contribution in [1.29, 1.82) is 0 Å². The van der Waals surface area contributed by atoms with Crippen LogP contribution in [-0.2, 0) is 0 Å². The van der Waals surface area contributed by atoms with Crippen molar-refractivity contribution < 1.29 is 0 Å². The lowest BCUT2D eigenvalue weighted by Crippen LogP contribution is -2.26. The molecule has 4 heteroatoms. The summed E-state index contributed by atoms with van der Waals surface area (Å²) in [6.07, 6.45) is 1.80. The summed E-state index contributed by atoms with van der Waals surface area (Å²) in [5.74, 6) is 0.994. The molecule has 0 atom stereocenters. The van der Waals surface area contributed by atoms with Gasteiger partial charge in [-0.15, -0.1) is 0 Å². The van der Waals surface area contributed by atoms with E-state index in [0.717, 1.165) is 22.4 Å². The number of nitrogens with zero attached hydrogens (tertiary/aromatic N) is 3. The minimum Gasteiger partial charge on any atom is -0.357 e. The van der Waals surface area contributed by atoms with E-state index in [1.165, 1.54) is 0 Å². The van der Waals surface area contributed by atoms with Crippen molar-refractivity contribution >= 4 is 16.7 Å². The Labute approximate surface area is 89.3 Å². The zero-order valence-electron chi connectivity index (χ0n) is 9.57. The largest absolute Gasteiger partial charge is 0.357 e. The molecule has 15 heavy (non-hydrogen) atoms. The third-order valence-electron chi connectivity index (χ3n) is 2.74. The number of aromatic nitrogens is 3. The fourth-order valence-electron chi connectivity index (χ4n) is 1.61. The Bertz CT molecular complexity index is 472. The summed E-state index contributed by atoms with van der Waals surface area (Å²) >= 11 is 0. The van der Waals surface area contributed by atoms with Crippen LogP contribution in [0.5, 0.6) is 0 Å². The van der Waals surface area contributed by atoms with Crippen molar-refractivity contribution in [2.24, 2.45) is 0 Å². The second-order valence-corrected chi connectivity index (χ2v) is 4.08. The number of nitrogens with one attached hydrogen (secondary N) is 1. The van der Waals surface area contributed by atoms with E-state index in [9.17, 15) is 0 Å². The standard InChI is InChI=1S/C11H16N4/c1-7(2)15(4)11-10-8(3)13-14-9(10)5-6-12-11/h5-7H,1-4H3,(H,13,14). The molecule has 0 aliphatic heterocycles. The van der Waals surface area contributed by atoms with E-state index in [1.54, 1.807) is 6.20 Å². The molecule has 0 saturated heterocycles. The summed E-state index contributed by atoms with van der Waals surface area (Å²) in [6.45, 7) is 6.32. The molecule has 2 heterocycles. The monoisotopic (exact) mass is 204 g/mol. The quantitative estimate of drug-likeness (QED) is 0.814. The first-order valence-corrected chi connectivity index (χ1v) is 5.13. The molecule has 0 bridgehead atoms. The number of anilines is 1. The second kappa shape index (κ2) is 3.53. The molecule has 0 unspecified atom stereocenters. The lowest BCUT2D eigenvalue weighted by molar-refractivity contribution is 0.746. The zero-order valence-corrected chi connectivity index (χ0v) is 9.57. The minimum atomic E-state index is 0.428. The average Bonchev–Trinajstić information content (AvgIpc) is 2.59. The number of fused-ring (bicyclic) bond motifs is 1. The summed E-state index contributed by atoms with van der Waals surface area (Å²) in [7, 11) is 2.05. The molecule has 0 aliphatic rings. The number of aromatic amines is 1. The molecule has 0 aliphatic carbocycles. The van der Waals surface area contributed by atoms with E-state index in [1.807, 2.05) is 13.0 Å². The highest BCUT2D eigenvalue weighted by molar-refractivity contribution is 5.91. The van der Waals surface area contributed by atoms with Crippen LogP contribution in [0.4, 0.5) is 5.82 Å². The number of H-pyrrole nitrogens is 1. The Morgan fingerprint density at radius 2 is 2.13 bits per heavy atom. The summed E-state index contributed by atoms with van der Waals surface area (Å²) < 4.78 is 0. The molecule has 4 nitrogen and oxygen atoms in total. The number of aryl methyl sites for hydroxylation is 1. The van der Waals surface area contributed by atoms with E-state index in [4.69, 9.17) is 0 Å². The molecule has 0 fully saturated rings. The maximum Gasteiger partial charge on any atom is 0.139 e. The van der Waals surface area contributed by atoms with Crippen molar-refractivity contribution in [2.75, 3.05) is 11.9 Å². The van der Waals surface area contributed by atoms with Crippen LogP contribution >= 0.6 is 0 Å². The van der Waals surface area contributed by atoms with Gasteiger partial charge in [0.1, 0.15) is 5.82 Å². The highest BCUT2D eigenvalue weighted by Gasteiger charge is 2.13. The summed E-state index contributed by atoms with van der Waals surface area (Å²) in [6, 6.07) is 2.36. The van der Waals surface area contributed by atoms with Crippen LogP contribution in [-0.4, -0.2) is 28.3 Å². The van der Waals surface area contributed by atoms with Gasteiger partial charge in [-0.3, -0.25) is 5.10 Å². The molecule has 2 rings (SSSR count). The average molecular weight is 204 g/mol. The van der Waals surface area contributed by atoms with Crippen LogP contribution < -0.4 is 4.90 Å². The highest BCUT2D eigenvalue weighted by atomic mass is 15.2. The van der Waals surface area contributed by atoms with Crippen LogP contribution in [0.2, 0.25) is 0 Å².